The fourth-order valence-corrected chi connectivity index (χ4v) is 2.91. The maximum Gasteiger partial charge on any atom is 0.410 e. The number of benzene rings is 1. The van der Waals surface area contributed by atoms with Gasteiger partial charge >= 0.3 is 6.09 Å². The normalized spacial score (nSPS) is 18.5. The molecule has 1 amide bonds. The van der Waals surface area contributed by atoms with Crippen molar-refractivity contribution in [1.82, 2.24) is 9.80 Å². The van der Waals surface area contributed by atoms with E-state index in [2.05, 4.69) is 18.7 Å². The van der Waals surface area contributed by atoms with Crippen LogP contribution >= 0.6 is 0 Å². The van der Waals surface area contributed by atoms with Crippen LogP contribution in [-0.2, 0) is 11.3 Å². The van der Waals surface area contributed by atoms with Crippen LogP contribution in [0.25, 0.3) is 0 Å². The van der Waals surface area contributed by atoms with E-state index in [1.54, 1.807) is 4.90 Å². The van der Waals surface area contributed by atoms with E-state index in [1.807, 2.05) is 30.3 Å². The van der Waals surface area contributed by atoms with Gasteiger partial charge < -0.3 is 15.4 Å². The Kier molecular flexibility index (Phi) is 6.86. The maximum atomic E-state index is 12.1. The fourth-order valence-electron chi connectivity index (χ4n) is 2.91. The number of ether oxygens (including phenoxy) is 1. The zero-order valence-electron chi connectivity index (χ0n) is 14.3. The zero-order chi connectivity index (χ0) is 16.7. The number of amides is 1. The summed E-state index contributed by atoms with van der Waals surface area (Å²) in [6.07, 6.45) is 1.80. The van der Waals surface area contributed by atoms with E-state index in [0.717, 1.165) is 44.6 Å². The number of nitrogens with zero attached hydrogens (tertiary/aromatic N) is 2. The average molecular weight is 319 g/mol. The standard InChI is InChI=1S/C18H29N3O2/c1-3-17(19)13-15(2)20-9-11-21(12-10-20)18(22)23-14-16-7-5-4-6-8-16/h4-8,15,17H,3,9-14,19H2,1-2H3/t15-,17+/m0/s1. The summed E-state index contributed by atoms with van der Waals surface area (Å²) < 4.78 is 5.39. The van der Waals surface area contributed by atoms with Crippen molar-refractivity contribution in [3.63, 3.8) is 0 Å². The van der Waals surface area contributed by atoms with Crippen molar-refractivity contribution in [3.05, 3.63) is 35.9 Å². The first-order valence-corrected chi connectivity index (χ1v) is 8.55. The summed E-state index contributed by atoms with van der Waals surface area (Å²) in [5.41, 5.74) is 7.06. The molecule has 1 fully saturated rings. The second-order valence-electron chi connectivity index (χ2n) is 6.32. The van der Waals surface area contributed by atoms with E-state index in [0.29, 0.717) is 12.6 Å². The quantitative estimate of drug-likeness (QED) is 0.875. The molecule has 2 N–H and O–H groups in total. The summed E-state index contributed by atoms with van der Waals surface area (Å²) in [7, 11) is 0. The summed E-state index contributed by atoms with van der Waals surface area (Å²) >= 11 is 0. The molecular formula is C18H29N3O2. The third-order valence-corrected chi connectivity index (χ3v) is 4.57. The van der Waals surface area contributed by atoms with E-state index in [-0.39, 0.29) is 12.1 Å². The first kappa shape index (κ1) is 17.8. The number of hydrogen-bond acceptors (Lipinski definition) is 4. The SMILES string of the molecule is CC[C@@H](N)C[C@H](C)N1CCN(C(=O)OCc2ccccc2)CC1. The minimum atomic E-state index is -0.216. The van der Waals surface area contributed by atoms with Crippen LogP contribution in [0.1, 0.15) is 32.3 Å². The molecule has 0 bridgehead atoms. The zero-order valence-corrected chi connectivity index (χ0v) is 14.3. The highest BCUT2D eigenvalue weighted by Gasteiger charge is 2.25. The summed E-state index contributed by atoms with van der Waals surface area (Å²) in [6.45, 7) is 7.90. The Morgan fingerprint density at radius 2 is 1.87 bits per heavy atom. The Morgan fingerprint density at radius 3 is 2.48 bits per heavy atom. The monoisotopic (exact) mass is 319 g/mol. The Morgan fingerprint density at radius 1 is 1.22 bits per heavy atom. The highest BCUT2D eigenvalue weighted by atomic mass is 16.6. The Hall–Kier alpha value is -1.59. The van der Waals surface area contributed by atoms with Crippen molar-refractivity contribution in [2.45, 2.75) is 45.4 Å². The van der Waals surface area contributed by atoms with Gasteiger partial charge in [-0.3, -0.25) is 4.90 Å². The lowest BCUT2D eigenvalue weighted by atomic mass is 10.1. The number of rotatable bonds is 6. The first-order chi connectivity index (χ1) is 11.1. The van der Waals surface area contributed by atoms with Crippen LogP contribution in [0.15, 0.2) is 30.3 Å². The van der Waals surface area contributed by atoms with Crippen molar-refractivity contribution in [3.8, 4) is 0 Å². The van der Waals surface area contributed by atoms with Gasteiger partial charge in [0.25, 0.3) is 0 Å². The van der Waals surface area contributed by atoms with Gasteiger partial charge in [0, 0.05) is 38.3 Å². The van der Waals surface area contributed by atoms with Gasteiger partial charge in [-0.2, -0.15) is 0 Å². The largest absolute Gasteiger partial charge is 0.445 e. The van der Waals surface area contributed by atoms with Gasteiger partial charge in [-0.05, 0) is 25.3 Å². The number of piperazine rings is 1. The molecule has 1 aromatic carbocycles. The molecule has 1 aliphatic rings. The van der Waals surface area contributed by atoms with Crippen molar-refractivity contribution >= 4 is 6.09 Å². The van der Waals surface area contributed by atoms with Gasteiger partial charge in [-0.15, -0.1) is 0 Å². The molecule has 0 aliphatic carbocycles. The fraction of sp³-hybridized carbons (Fsp3) is 0.611. The molecule has 23 heavy (non-hydrogen) atoms. The number of nitrogens with two attached hydrogens (primary N) is 1. The minimum Gasteiger partial charge on any atom is -0.445 e. The van der Waals surface area contributed by atoms with Crippen molar-refractivity contribution in [2.75, 3.05) is 26.2 Å². The second-order valence-corrected chi connectivity index (χ2v) is 6.32. The van der Waals surface area contributed by atoms with Crippen molar-refractivity contribution in [2.24, 2.45) is 5.73 Å². The smallest absolute Gasteiger partial charge is 0.410 e. The van der Waals surface area contributed by atoms with Crippen LogP contribution < -0.4 is 5.73 Å². The highest BCUT2D eigenvalue weighted by Crippen LogP contribution is 2.12. The molecule has 1 saturated heterocycles. The van der Waals surface area contributed by atoms with Crippen LogP contribution in [0.5, 0.6) is 0 Å². The molecule has 128 valence electrons. The second kappa shape index (κ2) is 8.89. The lowest BCUT2D eigenvalue weighted by molar-refractivity contribution is 0.0598. The maximum absolute atomic E-state index is 12.1. The molecular weight excluding hydrogens is 290 g/mol. The van der Waals surface area contributed by atoms with Gasteiger partial charge in [0.15, 0.2) is 0 Å². The number of carbonyl (C=O) groups excluding carboxylic acids is 1. The average Bonchev–Trinajstić information content (AvgIpc) is 2.60. The molecule has 2 atom stereocenters. The predicted octanol–water partition coefficient (Wildman–Crippen LogP) is 2.46. The van der Waals surface area contributed by atoms with Gasteiger partial charge in [-0.25, -0.2) is 4.79 Å². The molecule has 5 nitrogen and oxygen atoms in total. The topological polar surface area (TPSA) is 58.8 Å². The Labute approximate surface area is 139 Å². The van der Waals surface area contributed by atoms with Crippen LogP contribution in [0.2, 0.25) is 0 Å². The molecule has 1 aromatic rings. The third kappa shape index (κ3) is 5.52. The van der Waals surface area contributed by atoms with Gasteiger partial charge in [0.2, 0.25) is 0 Å². The lowest BCUT2D eigenvalue weighted by Gasteiger charge is -2.38. The van der Waals surface area contributed by atoms with Crippen LogP contribution in [-0.4, -0.2) is 54.2 Å². The van der Waals surface area contributed by atoms with E-state index < -0.39 is 0 Å². The van der Waals surface area contributed by atoms with Crippen molar-refractivity contribution < 1.29 is 9.53 Å². The third-order valence-electron chi connectivity index (χ3n) is 4.57. The molecule has 0 aromatic heterocycles. The van der Waals surface area contributed by atoms with E-state index in [1.165, 1.54) is 0 Å². The molecule has 0 radical (unpaired) electrons. The molecule has 0 spiro atoms. The first-order valence-electron chi connectivity index (χ1n) is 8.55. The van der Waals surface area contributed by atoms with E-state index in [9.17, 15) is 4.79 Å². The molecule has 5 heteroatoms. The number of carbonyl (C=O) groups is 1. The molecule has 2 rings (SSSR count). The predicted molar refractivity (Wildman–Crippen MR) is 92.1 cm³/mol. The summed E-state index contributed by atoms with van der Waals surface area (Å²) in [5.74, 6) is 0. The molecule has 0 saturated carbocycles. The summed E-state index contributed by atoms with van der Waals surface area (Å²) in [5, 5.41) is 0. The molecule has 0 unspecified atom stereocenters. The van der Waals surface area contributed by atoms with Gasteiger partial charge in [0.1, 0.15) is 6.61 Å². The Bertz CT molecular complexity index is 472. The lowest BCUT2D eigenvalue weighted by Crippen LogP contribution is -2.52. The summed E-state index contributed by atoms with van der Waals surface area (Å²) in [4.78, 5) is 16.3. The van der Waals surface area contributed by atoms with Gasteiger partial charge in [-0.1, -0.05) is 37.3 Å². The Balaban J connectivity index is 1.72. The van der Waals surface area contributed by atoms with Crippen LogP contribution in [0.3, 0.4) is 0 Å². The van der Waals surface area contributed by atoms with E-state index >= 15 is 0 Å². The van der Waals surface area contributed by atoms with E-state index in [4.69, 9.17) is 10.5 Å². The number of hydrogen-bond donors (Lipinski definition) is 1. The minimum absolute atomic E-state index is 0.216. The van der Waals surface area contributed by atoms with Crippen LogP contribution in [0.4, 0.5) is 4.79 Å². The van der Waals surface area contributed by atoms with Crippen LogP contribution in [0, 0.1) is 0 Å². The summed E-state index contributed by atoms with van der Waals surface area (Å²) in [6, 6.07) is 10.5. The van der Waals surface area contributed by atoms with Gasteiger partial charge in [0.05, 0.1) is 0 Å². The van der Waals surface area contributed by atoms with Crippen molar-refractivity contribution in [1.29, 1.82) is 0 Å². The molecule has 1 heterocycles. The molecule has 1 aliphatic heterocycles. The highest BCUT2D eigenvalue weighted by molar-refractivity contribution is 5.67.